The summed E-state index contributed by atoms with van der Waals surface area (Å²) in [5, 5.41) is 2.86. The molecule has 1 aliphatic rings. The normalized spacial score (nSPS) is 13.1. The lowest BCUT2D eigenvalue weighted by Crippen LogP contribution is -2.12. The number of halogens is 1. The molecule has 0 radical (unpaired) electrons. The Morgan fingerprint density at radius 2 is 1.95 bits per heavy atom. The van der Waals surface area contributed by atoms with Gasteiger partial charge in [-0.2, -0.15) is 0 Å². The second-order valence-corrected chi connectivity index (χ2v) is 5.52. The van der Waals surface area contributed by atoms with Gasteiger partial charge in [0.25, 0.3) is 5.91 Å². The lowest BCUT2D eigenvalue weighted by Gasteiger charge is -2.09. The third-order valence-corrected chi connectivity index (χ3v) is 3.88. The van der Waals surface area contributed by atoms with E-state index in [1.165, 1.54) is 0 Å². The van der Waals surface area contributed by atoms with Crippen molar-refractivity contribution < 1.29 is 9.53 Å². The number of nitrogens with one attached hydrogen (secondary N) is 1. The van der Waals surface area contributed by atoms with Crippen molar-refractivity contribution in [3.05, 3.63) is 57.6 Å². The number of anilines is 2. The maximum atomic E-state index is 12.2. The van der Waals surface area contributed by atoms with Crippen LogP contribution in [0.15, 0.2) is 40.9 Å². The smallest absolute Gasteiger partial charge is 0.255 e. The van der Waals surface area contributed by atoms with Crippen LogP contribution in [-0.4, -0.2) is 5.91 Å². The summed E-state index contributed by atoms with van der Waals surface area (Å²) in [5.74, 6) is -0.148. The Morgan fingerprint density at radius 3 is 2.75 bits per heavy atom. The largest absolute Gasteiger partial charge is 0.399 e. The summed E-state index contributed by atoms with van der Waals surface area (Å²) in [6.07, 6.45) is 0. The minimum Gasteiger partial charge on any atom is -0.399 e. The van der Waals surface area contributed by atoms with Gasteiger partial charge in [0.05, 0.1) is 18.9 Å². The molecule has 0 fully saturated rings. The van der Waals surface area contributed by atoms with E-state index in [-0.39, 0.29) is 5.91 Å². The molecule has 4 nitrogen and oxygen atoms in total. The third kappa shape index (κ3) is 2.55. The van der Waals surface area contributed by atoms with E-state index in [0.29, 0.717) is 30.2 Å². The third-order valence-electron chi connectivity index (χ3n) is 3.22. The Bertz CT molecular complexity index is 686. The van der Waals surface area contributed by atoms with Gasteiger partial charge in [0.15, 0.2) is 0 Å². The van der Waals surface area contributed by atoms with E-state index in [9.17, 15) is 4.79 Å². The van der Waals surface area contributed by atoms with Gasteiger partial charge in [0, 0.05) is 15.7 Å². The van der Waals surface area contributed by atoms with E-state index in [1.807, 2.05) is 18.2 Å². The van der Waals surface area contributed by atoms with Crippen LogP contribution in [-0.2, 0) is 18.0 Å². The lowest BCUT2D eigenvalue weighted by atomic mass is 10.1. The fourth-order valence-electron chi connectivity index (χ4n) is 2.14. The van der Waals surface area contributed by atoms with E-state index in [4.69, 9.17) is 10.5 Å². The van der Waals surface area contributed by atoms with Crippen LogP contribution in [0.4, 0.5) is 11.4 Å². The average molecular weight is 333 g/mol. The van der Waals surface area contributed by atoms with Crippen LogP contribution in [0, 0.1) is 0 Å². The predicted molar refractivity (Wildman–Crippen MR) is 81.4 cm³/mol. The molecular weight excluding hydrogens is 320 g/mol. The molecule has 0 aromatic heterocycles. The van der Waals surface area contributed by atoms with Crippen LogP contribution in [0.1, 0.15) is 21.5 Å². The SMILES string of the molecule is Nc1ccc(NC(=O)c2ccc3c(c2)COC3)c(Br)c1. The number of benzene rings is 2. The Hall–Kier alpha value is -1.85. The number of rotatable bonds is 2. The minimum absolute atomic E-state index is 0.148. The molecule has 1 aliphatic heterocycles. The lowest BCUT2D eigenvalue weighted by molar-refractivity contribution is 0.102. The number of hydrogen-bond acceptors (Lipinski definition) is 3. The van der Waals surface area contributed by atoms with Crippen LogP contribution >= 0.6 is 15.9 Å². The highest BCUT2D eigenvalue weighted by molar-refractivity contribution is 9.10. The number of nitrogen functional groups attached to an aromatic ring is 1. The number of carbonyl (C=O) groups is 1. The summed E-state index contributed by atoms with van der Waals surface area (Å²) in [6, 6.07) is 10.9. The Labute approximate surface area is 125 Å². The molecule has 0 saturated carbocycles. The highest BCUT2D eigenvalue weighted by Gasteiger charge is 2.15. The van der Waals surface area contributed by atoms with Crippen LogP contribution in [0.3, 0.4) is 0 Å². The second-order valence-electron chi connectivity index (χ2n) is 4.67. The maximum Gasteiger partial charge on any atom is 0.255 e. The van der Waals surface area contributed by atoms with E-state index in [2.05, 4.69) is 21.2 Å². The molecular formula is C15H13BrN2O2. The molecule has 3 N–H and O–H groups in total. The van der Waals surface area contributed by atoms with Gasteiger partial charge in [-0.3, -0.25) is 4.79 Å². The summed E-state index contributed by atoms with van der Waals surface area (Å²) in [4.78, 5) is 12.2. The Morgan fingerprint density at radius 1 is 1.15 bits per heavy atom. The van der Waals surface area contributed by atoms with Gasteiger partial charge < -0.3 is 15.8 Å². The fourth-order valence-corrected chi connectivity index (χ4v) is 2.64. The Kier molecular flexibility index (Phi) is 3.46. The van der Waals surface area contributed by atoms with Crippen LogP contribution in [0.2, 0.25) is 0 Å². The van der Waals surface area contributed by atoms with Crippen molar-refractivity contribution in [1.29, 1.82) is 0 Å². The topological polar surface area (TPSA) is 64.3 Å². The summed E-state index contributed by atoms with van der Waals surface area (Å²) >= 11 is 3.38. The first-order chi connectivity index (χ1) is 9.63. The van der Waals surface area contributed by atoms with Gasteiger partial charge in [-0.25, -0.2) is 0 Å². The van der Waals surface area contributed by atoms with Gasteiger partial charge in [-0.1, -0.05) is 6.07 Å². The molecule has 1 heterocycles. The van der Waals surface area contributed by atoms with Crippen molar-refractivity contribution in [2.75, 3.05) is 11.1 Å². The molecule has 5 heteroatoms. The molecule has 20 heavy (non-hydrogen) atoms. The summed E-state index contributed by atoms with van der Waals surface area (Å²) in [6.45, 7) is 1.20. The zero-order valence-corrected chi connectivity index (χ0v) is 12.2. The first kappa shape index (κ1) is 13.1. The Balaban J connectivity index is 1.82. The molecule has 2 aromatic rings. The fraction of sp³-hybridized carbons (Fsp3) is 0.133. The first-order valence-electron chi connectivity index (χ1n) is 6.19. The van der Waals surface area contributed by atoms with Crippen LogP contribution in [0.25, 0.3) is 0 Å². The molecule has 0 saturated heterocycles. The molecule has 2 aromatic carbocycles. The van der Waals surface area contributed by atoms with E-state index >= 15 is 0 Å². The van der Waals surface area contributed by atoms with Crippen molar-refractivity contribution >= 4 is 33.2 Å². The monoisotopic (exact) mass is 332 g/mol. The first-order valence-corrected chi connectivity index (χ1v) is 6.99. The number of ether oxygens (including phenoxy) is 1. The maximum absolute atomic E-state index is 12.2. The number of fused-ring (bicyclic) bond motifs is 1. The molecule has 0 aliphatic carbocycles. The van der Waals surface area contributed by atoms with Crippen molar-refractivity contribution in [3.8, 4) is 0 Å². The molecule has 3 rings (SSSR count). The summed E-state index contributed by atoms with van der Waals surface area (Å²) < 4.78 is 6.11. The average Bonchev–Trinajstić information content (AvgIpc) is 2.89. The van der Waals surface area contributed by atoms with E-state index < -0.39 is 0 Å². The number of amides is 1. The quantitative estimate of drug-likeness (QED) is 0.829. The molecule has 1 amide bonds. The zero-order valence-electron chi connectivity index (χ0n) is 10.7. The van der Waals surface area contributed by atoms with Gasteiger partial charge >= 0.3 is 0 Å². The van der Waals surface area contributed by atoms with Crippen molar-refractivity contribution in [3.63, 3.8) is 0 Å². The minimum atomic E-state index is -0.148. The highest BCUT2D eigenvalue weighted by atomic mass is 79.9. The number of carbonyl (C=O) groups excluding carboxylic acids is 1. The van der Waals surface area contributed by atoms with Gasteiger partial charge in [-0.05, 0) is 57.4 Å². The molecule has 0 atom stereocenters. The summed E-state index contributed by atoms with van der Waals surface area (Å²) in [5.41, 5.74) is 9.86. The van der Waals surface area contributed by atoms with Crippen molar-refractivity contribution in [2.45, 2.75) is 13.2 Å². The molecule has 0 bridgehead atoms. The van der Waals surface area contributed by atoms with Crippen molar-refractivity contribution in [1.82, 2.24) is 0 Å². The standard InChI is InChI=1S/C15H13BrN2O2/c16-13-6-12(17)3-4-14(13)18-15(19)9-1-2-10-7-20-8-11(10)5-9/h1-6H,7-8,17H2,(H,18,19). The van der Waals surface area contributed by atoms with Gasteiger partial charge in [0.2, 0.25) is 0 Å². The number of nitrogens with two attached hydrogens (primary N) is 1. The van der Waals surface area contributed by atoms with E-state index in [1.54, 1.807) is 18.2 Å². The molecule has 0 spiro atoms. The zero-order chi connectivity index (χ0) is 14.1. The molecule has 102 valence electrons. The number of hydrogen-bond donors (Lipinski definition) is 2. The highest BCUT2D eigenvalue weighted by Crippen LogP contribution is 2.26. The van der Waals surface area contributed by atoms with Gasteiger partial charge in [-0.15, -0.1) is 0 Å². The van der Waals surface area contributed by atoms with Crippen molar-refractivity contribution in [2.24, 2.45) is 0 Å². The summed E-state index contributed by atoms with van der Waals surface area (Å²) in [7, 11) is 0. The second kappa shape index (κ2) is 5.26. The predicted octanol–water partition coefficient (Wildman–Crippen LogP) is 3.31. The molecule has 0 unspecified atom stereocenters. The van der Waals surface area contributed by atoms with Crippen LogP contribution < -0.4 is 11.1 Å². The van der Waals surface area contributed by atoms with Crippen LogP contribution in [0.5, 0.6) is 0 Å². The van der Waals surface area contributed by atoms with Gasteiger partial charge in [0.1, 0.15) is 0 Å². The van der Waals surface area contributed by atoms with E-state index in [0.717, 1.165) is 15.6 Å².